The molecule has 2 heterocycles. The lowest BCUT2D eigenvalue weighted by Gasteiger charge is -2.15. The topological polar surface area (TPSA) is 33.2 Å². The Bertz CT molecular complexity index is 957. The van der Waals surface area contributed by atoms with E-state index in [1.54, 1.807) is 11.0 Å². The number of hydrogen-bond acceptors (Lipinski definition) is 2. The number of pyridine rings is 1. The summed E-state index contributed by atoms with van der Waals surface area (Å²) in [5.41, 5.74) is 2.92. The van der Waals surface area contributed by atoms with E-state index in [2.05, 4.69) is 27.6 Å². The molecule has 0 radical (unpaired) electrons. The van der Waals surface area contributed by atoms with Crippen LogP contribution in [-0.4, -0.2) is 22.3 Å². The fourth-order valence-corrected chi connectivity index (χ4v) is 3.81. The average Bonchev–Trinajstić information content (AvgIpc) is 2.94. The van der Waals surface area contributed by atoms with E-state index >= 15 is 0 Å². The summed E-state index contributed by atoms with van der Waals surface area (Å²) in [5.74, 6) is -0.389. The molecule has 0 saturated heterocycles. The third-order valence-electron chi connectivity index (χ3n) is 4.35. The fraction of sp³-hybridized carbons (Fsp3) is 0.158. The largest absolute Gasteiger partial charge is 0.334 e. The van der Waals surface area contributed by atoms with Gasteiger partial charge in [0.2, 0.25) is 0 Å². The molecule has 2 aromatic carbocycles. The van der Waals surface area contributed by atoms with Gasteiger partial charge in [-0.2, -0.15) is 0 Å². The molecule has 3 aromatic rings. The van der Waals surface area contributed by atoms with Gasteiger partial charge in [0, 0.05) is 39.7 Å². The number of hydrogen-bond donors (Lipinski definition) is 0. The number of amides is 1. The SMILES string of the molecule is O=C1c2c(I)ccc(F)c2CN1CCc1ccc2ccccc2n1. The molecule has 1 aliphatic heterocycles. The zero-order chi connectivity index (χ0) is 16.7. The smallest absolute Gasteiger partial charge is 0.255 e. The van der Waals surface area contributed by atoms with Crippen LogP contribution in [0.2, 0.25) is 0 Å². The Labute approximate surface area is 152 Å². The van der Waals surface area contributed by atoms with Gasteiger partial charge >= 0.3 is 0 Å². The van der Waals surface area contributed by atoms with Gasteiger partial charge in [0.1, 0.15) is 5.82 Å². The van der Waals surface area contributed by atoms with E-state index in [0.717, 1.165) is 20.2 Å². The Balaban J connectivity index is 1.53. The minimum absolute atomic E-state index is 0.0883. The van der Waals surface area contributed by atoms with E-state index in [1.807, 2.05) is 36.4 Å². The summed E-state index contributed by atoms with van der Waals surface area (Å²) in [4.78, 5) is 18.9. The van der Waals surface area contributed by atoms with Crippen molar-refractivity contribution in [3.8, 4) is 0 Å². The molecular weight excluding hydrogens is 418 g/mol. The van der Waals surface area contributed by atoms with Crippen molar-refractivity contribution in [1.82, 2.24) is 9.88 Å². The first kappa shape index (κ1) is 15.5. The highest BCUT2D eigenvalue weighted by atomic mass is 127. The average molecular weight is 432 g/mol. The van der Waals surface area contributed by atoms with Crippen molar-refractivity contribution < 1.29 is 9.18 Å². The molecule has 0 N–H and O–H groups in total. The predicted molar refractivity (Wildman–Crippen MR) is 99.3 cm³/mol. The Morgan fingerprint density at radius 2 is 1.96 bits per heavy atom. The van der Waals surface area contributed by atoms with Gasteiger partial charge in [-0.3, -0.25) is 9.78 Å². The second-order valence-corrected chi connectivity index (χ2v) is 7.02. The summed E-state index contributed by atoms with van der Waals surface area (Å²) in [6.07, 6.45) is 0.656. The third kappa shape index (κ3) is 2.66. The first-order valence-electron chi connectivity index (χ1n) is 7.74. The van der Waals surface area contributed by atoms with Crippen LogP contribution in [0.1, 0.15) is 21.6 Å². The summed E-state index contributed by atoms with van der Waals surface area (Å²) in [6.45, 7) is 0.874. The van der Waals surface area contributed by atoms with Gasteiger partial charge in [-0.15, -0.1) is 0 Å². The van der Waals surface area contributed by atoms with Gasteiger partial charge < -0.3 is 4.90 Å². The zero-order valence-electron chi connectivity index (χ0n) is 12.8. The maximum absolute atomic E-state index is 14.0. The number of carbonyl (C=O) groups excluding carboxylic acids is 1. The van der Waals surface area contributed by atoms with Crippen LogP contribution in [0.5, 0.6) is 0 Å². The van der Waals surface area contributed by atoms with Crippen molar-refractivity contribution in [1.29, 1.82) is 0 Å². The molecule has 1 aromatic heterocycles. The summed E-state index contributed by atoms with van der Waals surface area (Å²) < 4.78 is 14.8. The van der Waals surface area contributed by atoms with Gasteiger partial charge in [0.15, 0.2) is 0 Å². The maximum Gasteiger partial charge on any atom is 0.255 e. The van der Waals surface area contributed by atoms with Crippen molar-refractivity contribution in [3.05, 3.63) is 74.7 Å². The van der Waals surface area contributed by atoms with E-state index in [4.69, 9.17) is 0 Å². The highest BCUT2D eigenvalue weighted by Crippen LogP contribution is 2.29. The second-order valence-electron chi connectivity index (χ2n) is 5.85. The van der Waals surface area contributed by atoms with E-state index in [-0.39, 0.29) is 11.7 Å². The third-order valence-corrected chi connectivity index (χ3v) is 5.25. The van der Waals surface area contributed by atoms with Crippen LogP contribution in [-0.2, 0) is 13.0 Å². The van der Waals surface area contributed by atoms with Crippen LogP contribution in [0.15, 0.2) is 48.5 Å². The fourth-order valence-electron chi connectivity index (χ4n) is 3.08. The van der Waals surface area contributed by atoms with Crippen molar-refractivity contribution in [2.75, 3.05) is 6.54 Å². The Hall–Kier alpha value is -2.02. The standard InChI is InChI=1S/C19H14FIN2O/c20-15-7-8-16(21)18-14(15)11-23(19(18)24)10-9-13-6-5-12-3-1-2-4-17(12)22-13/h1-8H,9-11H2. The molecule has 120 valence electrons. The lowest BCUT2D eigenvalue weighted by Crippen LogP contribution is -2.26. The van der Waals surface area contributed by atoms with Crippen molar-refractivity contribution >= 4 is 39.4 Å². The molecule has 0 unspecified atom stereocenters. The molecule has 0 fully saturated rings. The number of aromatic nitrogens is 1. The molecule has 5 heteroatoms. The number of fused-ring (bicyclic) bond motifs is 2. The molecule has 1 amide bonds. The normalized spacial score (nSPS) is 13.6. The summed E-state index contributed by atoms with van der Waals surface area (Å²) in [5, 5.41) is 1.10. The van der Waals surface area contributed by atoms with Gasteiger partial charge in [0.25, 0.3) is 5.91 Å². The number of rotatable bonds is 3. The molecule has 0 saturated carbocycles. The zero-order valence-corrected chi connectivity index (χ0v) is 15.0. The van der Waals surface area contributed by atoms with Crippen LogP contribution in [0.25, 0.3) is 10.9 Å². The molecule has 3 nitrogen and oxygen atoms in total. The predicted octanol–water partition coefficient (Wildman–Crippen LogP) is 4.18. The van der Waals surface area contributed by atoms with Crippen molar-refractivity contribution in [3.63, 3.8) is 0 Å². The molecule has 0 atom stereocenters. The van der Waals surface area contributed by atoms with Crippen LogP contribution in [0, 0.1) is 9.39 Å². The number of nitrogens with zero attached hydrogens (tertiary/aromatic N) is 2. The number of para-hydroxylation sites is 1. The lowest BCUT2D eigenvalue weighted by molar-refractivity contribution is 0.0779. The van der Waals surface area contributed by atoms with Gasteiger partial charge in [0.05, 0.1) is 11.1 Å². The van der Waals surface area contributed by atoms with Crippen molar-refractivity contribution in [2.45, 2.75) is 13.0 Å². The minimum atomic E-state index is -0.301. The molecule has 0 spiro atoms. The Kier molecular flexibility index (Phi) is 3.96. The Morgan fingerprint density at radius 1 is 1.12 bits per heavy atom. The van der Waals surface area contributed by atoms with E-state index in [9.17, 15) is 9.18 Å². The minimum Gasteiger partial charge on any atom is -0.334 e. The molecule has 0 aliphatic carbocycles. The lowest BCUT2D eigenvalue weighted by atomic mass is 10.1. The van der Waals surface area contributed by atoms with Crippen LogP contribution in [0.3, 0.4) is 0 Å². The van der Waals surface area contributed by atoms with Crippen LogP contribution < -0.4 is 0 Å². The summed E-state index contributed by atoms with van der Waals surface area (Å²) in [6, 6.07) is 15.1. The van der Waals surface area contributed by atoms with E-state index < -0.39 is 0 Å². The van der Waals surface area contributed by atoms with Crippen LogP contribution in [0.4, 0.5) is 4.39 Å². The van der Waals surface area contributed by atoms with Gasteiger partial charge in [-0.1, -0.05) is 24.3 Å². The van der Waals surface area contributed by atoms with Gasteiger partial charge in [-0.25, -0.2) is 4.39 Å². The number of halogens is 2. The van der Waals surface area contributed by atoms with Crippen LogP contribution >= 0.6 is 22.6 Å². The molecule has 0 bridgehead atoms. The first-order valence-corrected chi connectivity index (χ1v) is 8.82. The highest BCUT2D eigenvalue weighted by molar-refractivity contribution is 14.1. The molecule has 24 heavy (non-hydrogen) atoms. The molecule has 4 rings (SSSR count). The Morgan fingerprint density at radius 3 is 2.79 bits per heavy atom. The summed E-state index contributed by atoms with van der Waals surface area (Å²) in [7, 11) is 0. The number of benzene rings is 2. The molecular formula is C19H14FIN2O. The monoisotopic (exact) mass is 432 g/mol. The van der Waals surface area contributed by atoms with E-state index in [0.29, 0.717) is 30.6 Å². The van der Waals surface area contributed by atoms with E-state index in [1.165, 1.54) is 6.07 Å². The first-order chi connectivity index (χ1) is 11.6. The van der Waals surface area contributed by atoms with Crippen molar-refractivity contribution in [2.24, 2.45) is 0 Å². The second kappa shape index (κ2) is 6.12. The van der Waals surface area contributed by atoms with Gasteiger partial charge in [-0.05, 0) is 46.9 Å². The highest BCUT2D eigenvalue weighted by Gasteiger charge is 2.31. The summed E-state index contributed by atoms with van der Waals surface area (Å²) >= 11 is 2.09. The quantitative estimate of drug-likeness (QED) is 0.582. The maximum atomic E-state index is 14.0. The number of carbonyl (C=O) groups is 1. The molecule has 1 aliphatic rings.